The fourth-order valence-corrected chi connectivity index (χ4v) is 5.90. The maximum atomic E-state index is 4.87. The minimum absolute atomic E-state index is 0.0322. The molecule has 0 atom stereocenters. The molecule has 0 saturated heterocycles. The van der Waals surface area contributed by atoms with Crippen molar-refractivity contribution in [3.8, 4) is 22.6 Å². The van der Waals surface area contributed by atoms with Gasteiger partial charge in [0.1, 0.15) is 5.82 Å². The van der Waals surface area contributed by atoms with Crippen LogP contribution in [0.1, 0.15) is 52.7 Å². The Morgan fingerprint density at radius 3 is 2.19 bits per heavy atom. The summed E-state index contributed by atoms with van der Waals surface area (Å²) in [5.41, 5.74) is 8.33. The Bertz CT molecular complexity index is 2110. The molecule has 42 heavy (non-hydrogen) atoms. The second-order valence-electron chi connectivity index (χ2n) is 13.4. The van der Waals surface area contributed by atoms with Crippen LogP contribution in [-0.4, -0.2) is 19.3 Å². The predicted molar refractivity (Wildman–Crippen MR) is 176 cm³/mol. The van der Waals surface area contributed by atoms with Crippen LogP contribution in [0.4, 0.5) is 0 Å². The molecule has 7 rings (SSSR count). The number of para-hydroxylation sites is 1. The molecule has 0 saturated carbocycles. The molecule has 4 heteroatoms. The minimum Gasteiger partial charge on any atom is -0.294 e. The van der Waals surface area contributed by atoms with Crippen LogP contribution in [0.2, 0.25) is 0 Å². The fraction of sp³-hybridized carbons (Fsp3) is 0.211. The first-order valence-corrected chi connectivity index (χ1v) is 14.7. The van der Waals surface area contributed by atoms with E-state index in [0.29, 0.717) is 0 Å². The molecule has 0 aliphatic carbocycles. The quantitative estimate of drug-likeness (QED) is 0.220. The minimum atomic E-state index is 0.0322. The average Bonchev–Trinajstić information content (AvgIpc) is 3.60. The van der Waals surface area contributed by atoms with E-state index in [4.69, 9.17) is 10.1 Å². The van der Waals surface area contributed by atoms with E-state index in [9.17, 15) is 0 Å². The molecule has 0 aliphatic rings. The molecule has 0 fully saturated rings. The van der Waals surface area contributed by atoms with Crippen LogP contribution in [-0.2, 0) is 10.8 Å². The Morgan fingerprint density at radius 2 is 1.40 bits per heavy atom. The molecule has 0 spiro atoms. The van der Waals surface area contributed by atoms with Gasteiger partial charge in [0, 0.05) is 23.2 Å². The van der Waals surface area contributed by atoms with Crippen molar-refractivity contribution in [2.24, 2.45) is 0 Å². The Balaban J connectivity index is 1.43. The molecule has 0 unspecified atom stereocenters. The lowest BCUT2D eigenvalue weighted by Gasteiger charge is -2.20. The number of hydrogen-bond donors (Lipinski definition) is 0. The van der Waals surface area contributed by atoms with Gasteiger partial charge in [-0.2, -0.15) is 5.10 Å². The summed E-state index contributed by atoms with van der Waals surface area (Å²) < 4.78 is 4.31. The summed E-state index contributed by atoms with van der Waals surface area (Å²) in [6.07, 6.45) is 6.06. The summed E-state index contributed by atoms with van der Waals surface area (Å²) in [6.45, 7) is 13.4. The van der Waals surface area contributed by atoms with Crippen LogP contribution in [0.25, 0.3) is 55.2 Å². The SMILES string of the molecule is CC(C)(C)c1ccnc(-n2c3ccccc3c3ccc(-c4cccc5ccc(-n6cc(C(C)(C)C)cn6)cc45)cc32)c1. The van der Waals surface area contributed by atoms with Gasteiger partial charge < -0.3 is 0 Å². The largest absolute Gasteiger partial charge is 0.294 e. The zero-order chi connectivity index (χ0) is 29.2. The third-order valence-electron chi connectivity index (χ3n) is 8.40. The van der Waals surface area contributed by atoms with E-state index in [0.717, 1.165) is 22.5 Å². The van der Waals surface area contributed by atoms with E-state index in [-0.39, 0.29) is 10.8 Å². The van der Waals surface area contributed by atoms with Gasteiger partial charge in [-0.3, -0.25) is 4.57 Å². The Hall–Kier alpha value is -4.70. The smallest absolute Gasteiger partial charge is 0.137 e. The van der Waals surface area contributed by atoms with Gasteiger partial charge in [0.05, 0.1) is 22.9 Å². The number of rotatable bonds is 3. The monoisotopic (exact) mass is 548 g/mol. The zero-order valence-electron chi connectivity index (χ0n) is 25.2. The number of aromatic nitrogens is 4. The van der Waals surface area contributed by atoms with Gasteiger partial charge in [-0.15, -0.1) is 0 Å². The van der Waals surface area contributed by atoms with Crippen molar-refractivity contribution in [2.45, 2.75) is 52.4 Å². The summed E-state index contributed by atoms with van der Waals surface area (Å²) >= 11 is 0. The van der Waals surface area contributed by atoms with Gasteiger partial charge in [0.15, 0.2) is 0 Å². The van der Waals surface area contributed by atoms with Crippen molar-refractivity contribution in [3.63, 3.8) is 0 Å². The van der Waals surface area contributed by atoms with E-state index >= 15 is 0 Å². The van der Waals surface area contributed by atoms with Gasteiger partial charge in [-0.1, -0.05) is 96.1 Å². The third-order valence-corrected chi connectivity index (χ3v) is 8.40. The highest BCUT2D eigenvalue weighted by molar-refractivity contribution is 6.11. The highest BCUT2D eigenvalue weighted by Crippen LogP contribution is 2.37. The molecular formula is C38H36N4. The lowest BCUT2D eigenvalue weighted by atomic mass is 9.88. The summed E-state index contributed by atoms with van der Waals surface area (Å²) in [4.78, 5) is 4.87. The van der Waals surface area contributed by atoms with E-state index in [2.05, 4.69) is 143 Å². The van der Waals surface area contributed by atoms with E-state index in [1.807, 2.05) is 17.1 Å². The molecule has 4 aromatic carbocycles. The zero-order valence-corrected chi connectivity index (χ0v) is 25.2. The first-order valence-electron chi connectivity index (χ1n) is 14.7. The summed E-state index contributed by atoms with van der Waals surface area (Å²) in [6, 6.07) is 33.0. The molecule has 3 heterocycles. The number of pyridine rings is 1. The van der Waals surface area contributed by atoms with Gasteiger partial charge in [-0.05, 0) is 80.3 Å². The maximum Gasteiger partial charge on any atom is 0.137 e. The topological polar surface area (TPSA) is 35.6 Å². The van der Waals surface area contributed by atoms with E-state index < -0.39 is 0 Å². The van der Waals surface area contributed by atoms with Crippen molar-refractivity contribution in [1.29, 1.82) is 0 Å². The number of nitrogens with zero attached hydrogens (tertiary/aromatic N) is 4. The van der Waals surface area contributed by atoms with Crippen LogP contribution in [0.3, 0.4) is 0 Å². The van der Waals surface area contributed by atoms with Crippen LogP contribution in [0, 0.1) is 0 Å². The van der Waals surface area contributed by atoms with Gasteiger partial charge in [0.25, 0.3) is 0 Å². The van der Waals surface area contributed by atoms with Crippen LogP contribution >= 0.6 is 0 Å². The van der Waals surface area contributed by atoms with Crippen molar-refractivity contribution >= 4 is 32.6 Å². The highest BCUT2D eigenvalue weighted by atomic mass is 15.3. The molecule has 0 bridgehead atoms. The van der Waals surface area contributed by atoms with Crippen molar-refractivity contribution < 1.29 is 0 Å². The summed E-state index contributed by atoms with van der Waals surface area (Å²) in [5, 5.41) is 9.58. The predicted octanol–water partition coefficient (Wildman–Crippen LogP) is 9.78. The second kappa shape index (κ2) is 9.42. The molecule has 4 nitrogen and oxygen atoms in total. The van der Waals surface area contributed by atoms with Crippen molar-refractivity contribution in [3.05, 3.63) is 121 Å². The average molecular weight is 549 g/mol. The maximum absolute atomic E-state index is 4.87. The number of hydrogen-bond acceptors (Lipinski definition) is 2. The Labute approximate surface area is 247 Å². The van der Waals surface area contributed by atoms with Gasteiger partial charge >= 0.3 is 0 Å². The first kappa shape index (κ1) is 26.2. The molecule has 7 aromatic rings. The van der Waals surface area contributed by atoms with Crippen molar-refractivity contribution in [1.82, 2.24) is 19.3 Å². The molecule has 3 aromatic heterocycles. The highest BCUT2D eigenvalue weighted by Gasteiger charge is 2.19. The molecule has 0 aliphatic heterocycles. The Morgan fingerprint density at radius 1 is 0.619 bits per heavy atom. The summed E-state index contributed by atoms with van der Waals surface area (Å²) in [5.74, 6) is 0.944. The first-order chi connectivity index (χ1) is 20.1. The molecule has 208 valence electrons. The molecular weight excluding hydrogens is 512 g/mol. The lowest BCUT2D eigenvalue weighted by Crippen LogP contribution is -2.12. The third kappa shape index (κ3) is 4.39. The van der Waals surface area contributed by atoms with E-state index in [1.165, 1.54) is 43.8 Å². The molecule has 0 amide bonds. The lowest BCUT2D eigenvalue weighted by molar-refractivity contribution is 0.588. The second-order valence-corrected chi connectivity index (χ2v) is 13.4. The fourth-order valence-electron chi connectivity index (χ4n) is 5.90. The van der Waals surface area contributed by atoms with Crippen molar-refractivity contribution in [2.75, 3.05) is 0 Å². The van der Waals surface area contributed by atoms with E-state index in [1.54, 1.807) is 0 Å². The van der Waals surface area contributed by atoms with Crippen LogP contribution < -0.4 is 0 Å². The molecule has 0 N–H and O–H groups in total. The van der Waals surface area contributed by atoms with Crippen LogP contribution in [0.5, 0.6) is 0 Å². The standard InChI is InChI=1S/C38H36N4/c1-37(2,3)27-18-19-39-36(21-27)42-34-13-8-7-11-31(34)32-17-15-26(20-35(32)42)30-12-9-10-25-14-16-29(22-33(25)30)41-24-28(23-40-41)38(4,5)6/h7-24H,1-6H3. The van der Waals surface area contributed by atoms with Gasteiger partial charge in [-0.25, -0.2) is 9.67 Å². The van der Waals surface area contributed by atoms with Gasteiger partial charge in [0.2, 0.25) is 0 Å². The summed E-state index contributed by atoms with van der Waals surface area (Å²) in [7, 11) is 0. The van der Waals surface area contributed by atoms with Crippen LogP contribution in [0.15, 0.2) is 110 Å². The Kier molecular flexibility index (Phi) is 5.88. The molecule has 0 radical (unpaired) electrons. The number of fused-ring (bicyclic) bond motifs is 4. The normalized spacial score (nSPS) is 12.5. The number of benzene rings is 4.